The van der Waals surface area contributed by atoms with E-state index in [2.05, 4.69) is 29.4 Å². The highest BCUT2D eigenvalue weighted by Crippen LogP contribution is 2.43. The van der Waals surface area contributed by atoms with Crippen LogP contribution in [0.1, 0.15) is 20.3 Å². The zero-order chi connectivity index (χ0) is 12.9. The molecule has 1 saturated carbocycles. The number of fused-ring (bicyclic) bond motifs is 1. The number of nitrogen functional groups attached to an aromatic ring is 1. The molecule has 1 heterocycles. The Labute approximate surface area is 105 Å². The fraction of sp³-hybridized carbons (Fsp3) is 0.462. The predicted octanol–water partition coefficient (Wildman–Crippen LogP) is 1.72. The lowest BCUT2D eigenvalue weighted by Gasteiger charge is -2.50. The lowest BCUT2D eigenvalue weighted by molar-refractivity contribution is -0.0510. The number of benzene rings is 1. The van der Waals surface area contributed by atoms with E-state index < -0.39 is 0 Å². The molecule has 1 aliphatic rings. The number of H-pyrrole nitrogens is 1. The maximum atomic E-state index is 9.74. The first kappa shape index (κ1) is 11.3. The number of aromatic amines is 1. The van der Waals surface area contributed by atoms with Gasteiger partial charge in [-0.3, -0.25) is 5.10 Å². The summed E-state index contributed by atoms with van der Waals surface area (Å²) in [5.74, 6) is 0. The first-order chi connectivity index (χ1) is 8.48. The third kappa shape index (κ3) is 1.54. The molecule has 2 unspecified atom stereocenters. The average molecular weight is 246 g/mol. The molecule has 0 radical (unpaired) electrons. The van der Waals surface area contributed by atoms with Gasteiger partial charge >= 0.3 is 0 Å². The molecule has 1 fully saturated rings. The molecule has 1 aliphatic carbocycles. The lowest BCUT2D eigenvalue weighted by atomic mass is 9.64. The Kier molecular flexibility index (Phi) is 2.28. The van der Waals surface area contributed by atoms with Crippen LogP contribution in [0.3, 0.4) is 0 Å². The van der Waals surface area contributed by atoms with E-state index in [1.54, 1.807) is 6.20 Å². The molecule has 0 amide bonds. The minimum Gasteiger partial charge on any atom is -0.397 e. The van der Waals surface area contributed by atoms with E-state index in [1.807, 2.05) is 12.1 Å². The molecule has 1 aromatic heterocycles. The second-order valence-electron chi connectivity index (χ2n) is 5.67. The number of nitrogens with one attached hydrogen (secondary N) is 2. The summed E-state index contributed by atoms with van der Waals surface area (Å²) in [5.41, 5.74) is 8.49. The van der Waals surface area contributed by atoms with Crippen LogP contribution in [0.5, 0.6) is 0 Å². The molecule has 3 rings (SSSR count). The maximum absolute atomic E-state index is 9.74. The Bertz CT molecular complexity index is 590. The molecular weight excluding hydrogens is 228 g/mol. The highest BCUT2D eigenvalue weighted by Gasteiger charge is 2.47. The SMILES string of the molecule is CC1(C)C(O)CC1Nc1cc2[nH]ncc2cc1N. The number of nitrogens with zero attached hydrogens (tertiary/aromatic N) is 1. The minimum atomic E-state index is -0.243. The molecule has 5 heteroatoms. The molecule has 5 N–H and O–H groups in total. The van der Waals surface area contributed by atoms with Crippen LogP contribution >= 0.6 is 0 Å². The fourth-order valence-corrected chi connectivity index (χ4v) is 2.47. The fourth-order valence-electron chi connectivity index (χ4n) is 2.47. The van der Waals surface area contributed by atoms with Gasteiger partial charge in [0.2, 0.25) is 0 Å². The van der Waals surface area contributed by atoms with Gasteiger partial charge in [0.05, 0.1) is 29.2 Å². The van der Waals surface area contributed by atoms with Crippen LogP contribution in [-0.4, -0.2) is 27.4 Å². The molecule has 0 spiro atoms. The highest BCUT2D eigenvalue weighted by atomic mass is 16.3. The predicted molar refractivity (Wildman–Crippen MR) is 72.3 cm³/mol. The van der Waals surface area contributed by atoms with E-state index in [0.29, 0.717) is 5.69 Å². The average Bonchev–Trinajstić information content (AvgIpc) is 2.76. The van der Waals surface area contributed by atoms with Crippen molar-refractivity contribution in [1.82, 2.24) is 10.2 Å². The van der Waals surface area contributed by atoms with Gasteiger partial charge in [-0.05, 0) is 18.6 Å². The highest BCUT2D eigenvalue weighted by molar-refractivity contribution is 5.88. The van der Waals surface area contributed by atoms with Gasteiger partial charge in [-0.25, -0.2) is 0 Å². The number of aliphatic hydroxyl groups excluding tert-OH is 1. The van der Waals surface area contributed by atoms with E-state index >= 15 is 0 Å². The second-order valence-corrected chi connectivity index (χ2v) is 5.67. The van der Waals surface area contributed by atoms with Gasteiger partial charge < -0.3 is 16.2 Å². The van der Waals surface area contributed by atoms with Crippen LogP contribution in [0.25, 0.3) is 10.9 Å². The van der Waals surface area contributed by atoms with Gasteiger partial charge in [-0.2, -0.15) is 5.10 Å². The molecule has 0 saturated heterocycles. The van der Waals surface area contributed by atoms with Crippen LogP contribution in [0.4, 0.5) is 11.4 Å². The summed E-state index contributed by atoms with van der Waals surface area (Å²) in [4.78, 5) is 0. The summed E-state index contributed by atoms with van der Waals surface area (Å²) >= 11 is 0. The first-order valence-corrected chi connectivity index (χ1v) is 6.15. The van der Waals surface area contributed by atoms with Crippen LogP contribution in [0, 0.1) is 5.41 Å². The van der Waals surface area contributed by atoms with Crippen LogP contribution in [0.2, 0.25) is 0 Å². The zero-order valence-electron chi connectivity index (χ0n) is 10.6. The summed E-state index contributed by atoms with van der Waals surface area (Å²) < 4.78 is 0. The summed E-state index contributed by atoms with van der Waals surface area (Å²) in [6.45, 7) is 4.12. The van der Waals surface area contributed by atoms with Crippen molar-refractivity contribution in [1.29, 1.82) is 0 Å². The molecule has 0 bridgehead atoms. The Balaban J connectivity index is 1.89. The molecule has 18 heavy (non-hydrogen) atoms. The summed E-state index contributed by atoms with van der Waals surface area (Å²) in [7, 11) is 0. The molecular formula is C13H18N4O. The maximum Gasteiger partial charge on any atom is 0.0672 e. The van der Waals surface area contributed by atoms with Crippen molar-refractivity contribution in [2.45, 2.75) is 32.4 Å². The molecule has 2 aromatic rings. The minimum absolute atomic E-state index is 0.116. The monoisotopic (exact) mass is 246 g/mol. The van der Waals surface area contributed by atoms with E-state index in [4.69, 9.17) is 5.73 Å². The number of hydrogen-bond donors (Lipinski definition) is 4. The number of rotatable bonds is 2. The van der Waals surface area contributed by atoms with Crippen LogP contribution in [0.15, 0.2) is 18.3 Å². The Morgan fingerprint density at radius 1 is 1.50 bits per heavy atom. The van der Waals surface area contributed by atoms with Crippen molar-refractivity contribution >= 4 is 22.3 Å². The summed E-state index contributed by atoms with van der Waals surface area (Å²) in [5, 5.41) is 21.1. The van der Waals surface area contributed by atoms with E-state index in [1.165, 1.54) is 0 Å². The van der Waals surface area contributed by atoms with E-state index in [0.717, 1.165) is 23.0 Å². The van der Waals surface area contributed by atoms with Gasteiger partial charge in [0.25, 0.3) is 0 Å². The van der Waals surface area contributed by atoms with Crippen LogP contribution in [-0.2, 0) is 0 Å². The number of aliphatic hydroxyl groups is 1. The Morgan fingerprint density at radius 3 is 2.94 bits per heavy atom. The summed E-state index contributed by atoms with van der Waals surface area (Å²) in [6, 6.07) is 4.12. The number of aromatic nitrogens is 2. The quantitative estimate of drug-likeness (QED) is 0.608. The second kappa shape index (κ2) is 3.62. The summed E-state index contributed by atoms with van der Waals surface area (Å²) in [6.07, 6.45) is 2.27. The van der Waals surface area contributed by atoms with Gasteiger partial charge in [0.1, 0.15) is 0 Å². The standard InChI is InChI=1S/C13H18N4O/c1-13(2)11(5-12(13)18)16-10-4-9-7(3-8(10)14)6-15-17-9/h3-4,6,11-12,16,18H,5,14H2,1-2H3,(H,15,17). The Morgan fingerprint density at radius 2 is 2.28 bits per heavy atom. The molecule has 0 aliphatic heterocycles. The smallest absolute Gasteiger partial charge is 0.0672 e. The normalized spacial score (nSPS) is 25.9. The van der Waals surface area contributed by atoms with Gasteiger partial charge in [-0.15, -0.1) is 0 Å². The van der Waals surface area contributed by atoms with Gasteiger partial charge in [0, 0.05) is 16.8 Å². The number of hydrogen-bond acceptors (Lipinski definition) is 4. The Hall–Kier alpha value is -1.75. The third-order valence-corrected chi connectivity index (χ3v) is 4.16. The topological polar surface area (TPSA) is 87.0 Å². The largest absolute Gasteiger partial charge is 0.397 e. The molecule has 2 atom stereocenters. The molecule has 5 nitrogen and oxygen atoms in total. The van der Waals surface area contributed by atoms with Crippen LogP contribution < -0.4 is 11.1 Å². The molecule has 96 valence electrons. The number of anilines is 2. The zero-order valence-corrected chi connectivity index (χ0v) is 10.6. The third-order valence-electron chi connectivity index (χ3n) is 4.16. The molecule has 1 aromatic carbocycles. The van der Waals surface area contributed by atoms with Crippen molar-refractivity contribution in [3.05, 3.63) is 18.3 Å². The van der Waals surface area contributed by atoms with Crippen molar-refractivity contribution in [2.75, 3.05) is 11.1 Å². The first-order valence-electron chi connectivity index (χ1n) is 6.15. The van der Waals surface area contributed by atoms with Gasteiger partial charge in [-0.1, -0.05) is 13.8 Å². The van der Waals surface area contributed by atoms with Crippen molar-refractivity contribution in [3.8, 4) is 0 Å². The van der Waals surface area contributed by atoms with Crippen molar-refractivity contribution < 1.29 is 5.11 Å². The van der Waals surface area contributed by atoms with E-state index in [-0.39, 0.29) is 17.6 Å². The van der Waals surface area contributed by atoms with Crippen molar-refractivity contribution in [3.63, 3.8) is 0 Å². The number of nitrogens with two attached hydrogens (primary N) is 1. The van der Waals surface area contributed by atoms with E-state index in [9.17, 15) is 5.11 Å². The van der Waals surface area contributed by atoms with Crippen molar-refractivity contribution in [2.24, 2.45) is 5.41 Å². The van der Waals surface area contributed by atoms with Gasteiger partial charge in [0.15, 0.2) is 0 Å². The lowest BCUT2D eigenvalue weighted by Crippen LogP contribution is -2.56.